The van der Waals surface area contributed by atoms with Gasteiger partial charge in [-0.2, -0.15) is 0 Å². The van der Waals surface area contributed by atoms with Gasteiger partial charge < -0.3 is 14.4 Å². The maximum atomic E-state index is 12.1. The molecule has 1 heterocycles. The molecule has 6 heteroatoms. The van der Waals surface area contributed by atoms with E-state index in [1.165, 1.54) is 25.7 Å². The Morgan fingerprint density at radius 3 is 2.78 bits per heavy atom. The quantitative estimate of drug-likeness (QED) is 0.799. The van der Waals surface area contributed by atoms with Gasteiger partial charge >= 0.3 is 12.2 Å². The summed E-state index contributed by atoms with van der Waals surface area (Å²) in [6, 6.07) is 0. The minimum absolute atomic E-state index is 0.285. The summed E-state index contributed by atoms with van der Waals surface area (Å²) in [5, 5.41) is 0. The predicted octanol–water partition coefficient (Wildman–Crippen LogP) is 2.87. The molecule has 3 fully saturated rings. The van der Waals surface area contributed by atoms with E-state index in [0.717, 1.165) is 30.1 Å². The molecule has 3 rings (SSSR count). The zero-order valence-corrected chi connectivity index (χ0v) is 14.3. The molecule has 0 aromatic heterocycles. The van der Waals surface area contributed by atoms with Crippen LogP contribution in [0.4, 0.5) is 9.59 Å². The largest absolute Gasteiger partial charge is 0.448 e. The van der Waals surface area contributed by atoms with Gasteiger partial charge in [-0.25, -0.2) is 14.5 Å². The third kappa shape index (κ3) is 3.62. The van der Waals surface area contributed by atoms with E-state index in [1.54, 1.807) is 0 Å². The molecule has 3 atom stereocenters. The summed E-state index contributed by atoms with van der Waals surface area (Å²) in [5.41, 5.74) is -0.462. The van der Waals surface area contributed by atoms with E-state index < -0.39 is 17.8 Å². The Morgan fingerprint density at radius 2 is 2.04 bits per heavy atom. The molecule has 130 valence electrons. The summed E-state index contributed by atoms with van der Waals surface area (Å²) in [6.07, 6.45) is 6.95. The fourth-order valence-corrected chi connectivity index (χ4v) is 4.36. The van der Waals surface area contributed by atoms with Gasteiger partial charge in [0.15, 0.2) is 0 Å². The van der Waals surface area contributed by atoms with Crippen molar-refractivity contribution in [2.75, 3.05) is 33.8 Å². The molecule has 3 aliphatic rings. The molecule has 2 amide bonds. The zero-order valence-electron chi connectivity index (χ0n) is 14.3. The third-order valence-corrected chi connectivity index (χ3v) is 5.63. The number of likely N-dealkylation sites (N-methyl/N-ethyl adjacent to an activating group) is 1. The van der Waals surface area contributed by atoms with E-state index in [0.29, 0.717) is 19.0 Å². The van der Waals surface area contributed by atoms with Gasteiger partial charge in [0.2, 0.25) is 0 Å². The number of rotatable bonds is 3. The van der Waals surface area contributed by atoms with Gasteiger partial charge in [-0.3, -0.25) is 0 Å². The van der Waals surface area contributed by atoms with E-state index in [2.05, 4.69) is 0 Å². The molecule has 1 aliphatic heterocycles. The number of carbonyl (C=O) groups excluding carboxylic acids is 2. The minimum Gasteiger partial charge on any atom is -0.448 e. The highest BCUT2D eigenvalue weighted by Gasteiger charge is 2.52. The maximum absolute atomic E-state index is 12.1. The summed E-state index contributed by atoms with van der Waals surface area (Å²) in [5.74, 6) is 1.43. The number of imide groups is 1. The van der Waals surface area contributed by atoms with Crippen molar-refractivity contribution in [3.8, 4) is 0 Å². The fraction of sp³-hybridized carbons (Fsp3) is 0.882. The number of fused-ring (bicyclic) bond motifs is 1. The first-order chi connectivity index (χ1) is 11.0. The molecule has 1 spiro atoms. The second-order valence-electron chi connectivity index (χ2n) is 7.60. The molecule has 0 bridgehead atoms. The van der Waals surface area contributed by atoms with Crippen LogP contribution >= 0.6 is 0 Å². The van der Waals surface area contributed by atoms with E-state index >= 15 is 0 Å². The number of carbonyl (C=O) groups is 2. The molecule has 0 radical (unpaired) electrons. The number of hydrogen-bond acceptors (Lipinski definition) is 5. The number of amides is 2. The van der Waals surface area contributed by atoms with Gasteiger partial charge in [0.25, 0.3) is 0 Å². The Labute approximate surface area is 138 Å². The molecule has 6 nitrogen and oxygen atoms in total. The van der Waals surface area contributed by atoms with Crippen LogP contribution in [-0.4, -0.2) is 61.4 Å². The van der Waals surface area contributed by atoms with Gasteiger partial charge in [-0.15, -0.1) is 0 Å². The first kappa shape index (κ1) is 16.6. The van der Waals surface area contributed by atoms with Crippen LogP contribution in [0.5, 0.6) is 0 Å². The lowest BCUT2D eigenvalue weighted by Gasteiger charge is -2.43. The Kier molecular flexibility index (Phi) is 4.80. The Balaban J connectivity index is 1.57. The smallest absolute Gasteiger partial charge is 0.420 e. The summed E-state index contributed by atoms with van der Waals surface area (Å²) >= 11 is 0. The van der Waals surface area contributed by atoms with Gasteiger partial charge in [0, 0.05) is 6.54 Å². The topological polar surface area (TPSA) is 59.1 Å². The highest BCUT2D eigenvalue weighted by molar-refractivity contribution is 5.89. The average Bonchev–Trinajstić information content (AvgIpc) is 2.83. The lowest BCUT2D eigenvalue weighted by molar-refractivity contribution is -0.0233. The summed E-state index contributed by atoms with van der Waals surface area (Å²) < 4.78 is 10.9. The molecular weight excluding hydrogens is 296 g/mol. The van der Waals surface area contributed by atoms with Gasteiger partial charge in [-0.1, -0.05) is 25.7 Å². The summed E-state index contributed by atoms with van der Waals surface area (Å²) in [4.78, 5) is 27.4. The fourth-order valence-electron chi connectivity index (χ4n) is 4.36. The maximum Gasteiger partial charge on any atom is 0.420 e. The minimum atomic E-state index is -0.570. The first-order valence-electron chi connectivity index (χ1n) is 8.81. The van der Waals surface area contributed by atoms with Crippen LogP contribution in [0.1, 0.15) is 44.9 Å². The van der Waals surface area contributed by atoms with E-state index in [-0.39, 0.29) is 6.61 Å². The lowest BCUT2D eigenvalue weighted by Crippen LogP contribution is -2.44. The van der Waals surface area contributed by atoms with E-state index in [1.807, 2.05) is 19.0 Å². The van der Waals surface area contributed by atoms with Crippen molar-refractivity contribution < 1.29 is 19.1 Å². The Morgan fingerprint density at radius 1 is 1.30 bits per heavy atom. The van der Waals surface area contributed by atoms with E-state index in [4.69, 9.17) is 9.47 Å². The lowest BCUT2D eigenvalue weighted by atomic mass is 9.66. The van der Waals surface area contributed by atoms with Crippen molar-refractivity contribution in [1.29, 1.82) is 0 Å². The predicted molar refractivity (Wildman–Crippen MR) is 85.1 cm³/mol. The van der Waals surface area contributed by atoms with Gasteiger partial charge in [0.05, 0.1) is 6.54 Å². The third-order valence-electron chi connectivity index (χ3n) is 5.63. The molecule has 23 heavy (non-hydrogen) atoms. The van der Waals surface area contributed by atoms with Crippen LogP contribution in [0, 0.1) is 11.8 Å². The van der Waals surface area contributed by atoms with Crippen molar-refractivity contribution in [3.63, 3.8) is 0 Å². The van der Waals surface area contributed by atoms with Gasteiger partial charge in [-0.05, 0) is 45.2 Å². The number of nitrogens with zero attached hydrogens (tertiary/aromatic N) is 2. The van der Waals surface area contributed by atoms with Crippen LogP contribution in [-0.2, 0) is 9.47 Å². The summed E-state index contributed by atoms with van der Waals surface area (Å²) in [6.45, 7) is 1.28. The molecule has 2 aliphatic carbocycles. The van der Waals surface area contributed by atoms with Crippen LogP contribution in [0.15, 0.2) is 0 Å². The number of hydrogen-bond donors (Lipinski definition) is 0. The van der Waals surface area contributed by atoms with Crippen LogP contribution in [0.2, 0.25) is 0 Å². The normalized spacial score (nSPS) is 33.7. The molecule has 0 N–H and O–H groups in total. The Bertz CT molecular complexity index is 468. The first-order valence-corrected chi connectivity index (χ1v) is 8.81. The van der Waals surface area contributed by atoms with Crippen molar-refractivity contribution in [2.24, 2.45) is 11.8 Å². The zero-order chi connectivity index (χ0) is 16.4. The van der Waals surface area contributed by atoms with Gasteiger partial charge in [0.1, 0.15) is 12.2 Å². The van der Waals surface area contributed by atoms with Crippen LogP contribution in [0.3, 0.4) is 0 Å². The van der Waals surface area contributed by atoms with Crippen LogP contribution < -0.4 is 0 Å². The molecule has 1 saturated heterocycles. The van der Waals surface area contributed by atoms with Crippen LogP contribution in [0.25, 0.3) is 0 Å². The second kappa shape index (κ2) is 6.67. The molecule has 0 aromatic rings. The molecule has 0 aromatic carbocycles. The SMILES string of the molecule is CN(C)CCOC(=O)N1CC2(CC[C@@H]3CCCC[C@H]3C2)OC1=O. The summed E-state index contributed by atoms with van der Waals surface area (Å²) in [7, 11) is 3.82. The van der Waals surface area contributed by atoms with Crippen molar-refractivity contribution >= 4 is 12.2 Å². The average molecular weight is 324 g/mol. The Hall–Kier alpha value is -1.30. The van der Waals surface area contributed by atoms with Crippen molar-refractivity contribution in [2.45, 2.75) is 50.5 Å². The molecule has 1 unspecified atom stereocenters. The monoisotopic (exact) mass is 324 g/mol. The van der Waals surface area contributed by atoms with E-state index in [9.17, 15) is 9.59 Å². The standard InChI is InChI=1S/C17H28N2O4/c1-18(2)9-10-22-15(20)19-12-17(23-16(19)21)8-7-13-5-3-4-6-14(13)11-17/h13-14H,3-12H2,1-2H3/t13-,14-,17?/m0/s1. The van der Waals surface area contributed by atoms with Crippen molar-refractivity contribution in [3.05, 3.63) is 0 Å². The second-order valence-corrected chi connectivity index (χ2v) is 7.60. The highest BCUT2D eigenvalue weighted by Crippen LogP contribution is 2.47. The van der Waals surface area contributed by atoms with Crippen molar-refractivity contribution in [1.82, 2.24) is 9.80 Å². The molecule has 2 saturated carbocycles. The number of ether oxygens (including phenoxy) is 2. The highest BCUT2D eigenvalue weighted by atomic mass is 16.6. The molecular formula is C17H28N2O4.